The van der Waals surface area contributed by atoms with E-state index in [1.165, 1.54) is 12.5 Å². The molecule has 14 nitrogen and oxygen atoms in total. The predicted octanol–water partition coefficient (Wildman–Crippen LogP) is 3.79. The molecule has 0 aliphatic heterocycles. The summed E-state index contributed by atoms with van der Waals surface area (Å²) in [6, 6.07) is 15.1. The largest absolute Gasteiger partial charge is 0.444 e. The third kappa shape index (κ3) is 17.3. The molecular formula is C43H63N7O7. The van der Waals surface area contributed by atoms with Crippen LogP contribution in [-0.4, -0.2) is 93.6 Å². The minimum absolute atomic E-state index is 0.00777. The number of hydrogen-bond acceptors (Lipinski definition) is 9. The number of aliphatic hydroxyl groups excluding tert-OH is 1. The summed E-state index contributed by atoms with van der Waals surface area (Å²) in [4.78, 5) is 75.0. The van der Waals surface area contributed by atoms with Gasteiger partial charge in [-0.15, -0.1) is 0 Å². The van der Waals surface area contributed by atoms with Crippen molar-refractivity contribution in [3.05, 3.63) is 90.0 Å². The highest BCUT2D eigenvalue weighted by Crippen LogP contribution is 2.13. The number of aromatic amines is 1. The highest BCUT2D eigenvalue weighted by atomic mass is 16.6. The van der Waals surface area contributed by atoms with E-state index in [4.69, 9.17) is 4.74 Å². The Bertz CT molecular complexity index is 1680. The average molecular weight is 790 g/mol. The molecule has 1 aromatic heterocycles. The van der Waals surface area contributed by atoms with Crippen LogP contribution in [0.25, 0.3) is 0 Å². The maximum atomic E-state index is 14.0. The minimum atomic E-state index is -1.18. The van der Waals surface area contributed by atoms with Crippen LogP contribution in [0.1, 0.15) is 84.5 Å². The molecule has 57 heavy (non-hydrogen) atoms. The standard InChI is InChI=1S/C43H63N7O7/c1-8-29(4)37(25-45-33(26-51)20-30-15-11-9-12-16-30)47-39(53)23-38(52)34(19-28(2)3)48-41(55)36(22-32-24-44-27-46-32)49-40(54)35(21-31-17-13-10-14-18-31)50-42(56)57-43(5,6)7/h9-18,24,27-29,33-37,45,51H,8,19-23,25-26H2,1-7H3,(H,44,46)(H,47,53)(H,48,55)(H,49,54)(H,50,56)/t29?,33?,34-,35-,36-,37?/m0/s1. The molecule has 7 N–H and O–H groups in total. The summed E-state index contributed by atoms with van der Waals surface area (Å²) in [6.07, 6.45) is 3.50. The van der Waals surface area contributed by atoms with Gasteiger partial charge in [-0.1, -0.05) is 94.8 Å². The van der Waals surface area contributed by atoms with Gasteiger partial charge in [-0.25, -0.2) is 9.78 Å². The van der Waals surface area contributed by atoms with Gasteiger partial charge < -0.3 is 41.4 Å². The number of carbonyl (C=O) groups excluding carboxylic acids is 5. The third-order valence-corrected chi connectivity index (χ3v) is 9.50. The van der Waals surface area contributed by atoms with Gasteiger partial charge in [-0.3, -0.25) is 19.2 Å². The lowest BCUT2D eigenvalue weighted by Gasteiger charge is -2.28. The van der Waals surface area contributed by atoms with Crippen molar-refractivity contribution in [2.75, 3.05) is 13.2 Å². The molecule has 0 spiro atoms. The van der Waals surface area contributed by atoms with E-state index in [2.05, 4.69) is 36.6 Å². The quantitative estimate of drug-likeness (QED) is 0.0698. The Kier molecular flexibility index (Phi) is 18.9. The molecule has 3 unspecified atom stereocenters. The van der Waals surface area contributed by atoms with E-state index < -0.39 is 59.7 Å². The summed E-state index contributed by atoms with van der Waals surface area (Å²) in [5.74, 6) is -2.16. The monoisotopic (exact) mass is 789 g/mol. The van der Waals surface area contributed by atoms with Crippen LogP contribution in [0, 0.1) is 11.8 Å². The lowest BCUT2D eigenvalue weighted by atomic mass is 9.96. The fourth-order valence-electron chi connectivity index (χ4n) is 6.23. The number of rotatable bonds is 23. The summed E-state index contributed by atoms with van der Waals surface area (Å²) >= 11 is 0. The van der Waals surface area contributed by atoms with Crippen LogP contribution in [0.5, 0.6) is 0 Å². The number of aromatic nitrogens is 2. The summed E-state index contributed by atoms with van der Waals surface area (Å²) in [5.41, 5.74) is 1.59. The van der Waals surface area contributed by atoms with Gasteiger partial charge >= 0.3 is 6.09 Å². The highest BCUT2D eigenvalue weighted by molar-refractivity contribution is 6.02. The number of benzene rings is 2. The molecule has 0 radical (unpaired) electrons. The molecule has 2 aromatic carbocycles. The van der Waals surface area contributed by atoms with Crippen molar-refractivity contribution in [1.82, 2.24) is 36.6 Å². The van der Waals surface area contributed by atoms with E-state index in [9.17, 15) is 29.1 Å². The number of hydrogen-bond donors (Lipinski definition) is 7. The molecule has 0 fully saturated rings. The van der Waals surface area contributed by atoms with Gasteiger partial charge in [0.2, 0.25) is 17.7 Å². The van der Waals surface area contributed by atoms with Gasteiger partial charge in [0, 0.05) is 43.4 Å². The third-order valence-electron chi connectivity index (χ3n) is 9.50. The first kappa shape index (κ1) is 46.3. The van der Waals surface area contributed by atoms with Crippen molar-refractivity contribution in [2.24, 2.45) is 11.8 Å². The summed E-state index contributed by atoms with van der Waals surface area (Å²) < 4.78 is 5.43. The first-order valence-corrected chi connectivity index (χ1v) is 19.9. The number of nitrogens with one attached hydrogen (secondary N) is 6. The van der Waals surface area contributed by atoms with E-state index in [1.807, 2.05) is 88.4 Å². The molecular weight excluding hydrogens is 727 g/mol. The van der Waals surface area contributed by atoms with Gasteiger partial charge in [-0.05, 0) is 56.6 Å². The van der Waals surface area contributed by atoms with Gasteiger partial charge in [0.05, 0.1) is 25.4 Å². The maximum absolute atomic E-state index is 14.0. The van der Waals surface area contributed by atoms with E-state index >= 15 is 0 Å². The zero-order valence-electron chi connectivity index (χ0n) is 34.5. The topological polar surface area (TPSA) is 204 Å². The summed E-state index contributed by atoms with van der Waals surface area (Å²) in [5, 5.41) is 24.7. The first-order chi connectivity index (χ1) is 27.1. The average Bonchev–Trinajstić information content (AvgIpc) is 3.67. The SMILES string of the molecule is CCC(C)C(CNC(CO)Cc1ccccc1)NC(=O)CC(=O)[C@H](CC(C)C)NC(=O)[C@H](Cc1cnc[nH]1)NC(=O)[C@H](Cc1ccccc1)NC(=O)OC(C)(C)C. The van der Waals surface area contributed by atoms with E-state index in [-0.39, 0.29) is 49.8 Å². The number of ether oxygens (including phenoxy) is 1. The second-order valence-electron chi connectivity index (χ2n) is 16.1. The maximum Gasteiger partial charge on any atom is 0.408 e. The Morgan fingerprint density at radius 3 is 1.89 bits per heavy atom. The Balaban J connectivity index is 1.74. The number of H-pyrrole nitrogens is 1. The van der Waals surface area contributed by atoms with Crippen LogP contribution in [0.4, 0.5) is 4.79 Å². The smallest absolute Gasteiger partial charge is 0.408 e. The second kappa shape index (κ2) is 23.2. The highest BCUT2D eigenvalue weighted by Gasteiger charge is 2.32. The van der Waals surface area contributed by atoms with Crippen molar-refractivity contribution in [1.29, 1.82) is 0 Å². The van der Waals surface area contributed by atoms with Gasteiger partial charge in [-0.2, -0.15) is 0 Å². The first-order valence-electron chi connectivity index (χ1n) is 19.9. The van der Waals surface area contributed by atoms with Gasteiger partial charge in [0.1, 0.15) is 17.7 Å². The molecule has 1 heterocycles. The van der Waals surface area contributed by atoms with E-state index in [1.54, 1.807) is 20.8 Å². The van der Waals surface area contributed by atoms with Crippen LogP contribution in [0.15, 0.2) is 73.2 Å². The zero-order chi connectivity index (χ0) is 42.0. The van der Waals surface area contributed by atoms with Crippen LogP contribution in [0.3, 0.4) is 0 Å². The lowest BCUT2D eigenvalue weighted by Crippen LogP contribution is -2.57. The van der Waals surface area contributed by atoms with Crippen molar-refractivity contribution < 1.29 is 33.8 Å². The Hall–Kier alpha value is -5.08. The fraction of sp³-hybridized carbons (Fsp3) is 0.535. The van der Waals surface area contributed by atoms with Crippen molar-refractivity contribution in [2.45, 2.75) is 123 Å². The number of Topliss-reactive ketones (excluding diaryl/α,β-unsaturated/α-hetero) is 1. The number of imidazole rings is 1. The Morgan fingerprint density at radius 2 is 1.37 bits per heavy atom. The van der Waals surface area contributed by atoms with Gasteiger partial charge in [0.15, 0.2) is 5.78 Å². The molecule has 0 aliphatic carbocycles. The predicted molar refractivity (Wildman–Crippen MR) is 219 cm³/mol. The molecule has 0 aliphatic rings. The number of aliphatic hydroxyl groups is 1. The van der Waals surface area contributed by atoms with Gasteiger partial charge in [0.25, 0.3) is 0 Å². The molecule has 14 heteroatoms. The summed E-state index contributed by atoms with van der Waals surface area (Å²) in [6.45, 7) is 13.3. The zero-order valence-corrected chi connectivity index (χ0v) is 34.5. The molecule has 0 saturated heterocycles. The number of ketones is 1. The fourth-order valence-corrected chi connectivity index (χ4v) is 6.23. The van der Waals surface area contributed by atoms with E-state index in [0.29, 0.717) is 18.7 Å². The second-order valence-corrected chi connectivity index (χ2v) is 16.1. The molecule has 3 aromatic rings. The molecule has 6 atom stereocenters. The molecule has 0 saturated carbocycles. The summed E-state index contributed by atoms with van der Waals surface area (Å²) in [7, 11) is 0. The Labute approximate surface area is 337 Å². The lowest BCUT2D eigenvalue weighted by molar-refractivity contribution is -0.134. The van der Waals surface area contributed by atoms with Crippen LogP contribution in [-0.2, 0) is 43.2 Å². The number of carbonyl (C=O) groups is 5. The number of alkyl carbamates (subject to hydrolysis) is 1. The molecule has 3 rings (SSSR count). The Morgan fingerprint density at radius 1 is 0.789 bits per heavy atom. The van der Waals surface area contributed by atoms with Crippen LogP contribution >= 0.6 is 0 Å². The molecule has 312 valence electrons. The minimum Gasteiger partial charge on any atom is -0.444 e. The number of nitrogens with zero attached hydrogens (tertiary/aromatic N) is 1. The number of amides is 4. The van der Waals surface area contributed by atoms with Crippen molar-refractivity contribution in [3.63, 3.8) is 0 Å². The van der Waals surface area contributed by atoms with Crippen LogP contribution in [0.2, 0.25) is 0 Å². The van der Waals surface area contributed by atoms with Crippen molar-refractivity contribution >= 4 is 29.6 Å². The molecule has 4 amide bonds. The van der Waals surface area contributed by atoms with Crippen molar-refractivity contribution in [3.8, 4) is 0 Å². The van der Waals surface area contributed by atoms with E-state index in [0.717, 1.165) is 17.5 Å². The van der Waals surface area contributed by atoms with Crippen LogP contribution < -0.4 is 26.6 Å². The molecule has 0 bridgehead atoms. The normalized spacial score (nSPS) is 14.7.